The molecule has 9 heteroatoms. The minimum absolute atomic E-state index is 0.00154. The Morgan fingerprint density at radius 3 is 2.69 bits per heavy atom. The van der Waals surface area contributed by atoms with Crippen molar-refractivity contribution in [2.24, 2.45) is 10.7 Å². The minimum atomic E-state index is -1.22. The number of fused-ring (bicyclic) bond motifs is 4. The number of cyclic esters (lactones) is 1. The Balaban J connectivity index is 1.56. The molecule has 1 spiro atoms. The van der Waals surface area contributed by atoms with Crippen LogP contribution in [0, 0.1) is 11.8 Å². The first-order chi connectivity index (χ1) is 16.8. The van der Waals surface area contributed by atoms with Crippen molar-refractivity contribution in [3.63, 3.8) is 0 Å². The minimum Gasteiger partial charge on any atom is -0.462 e. The maximum absolute atomic E-state index is 15.5. The van der Waals surface area contributed by atoms with Crippen molar-refractivity contribution in [2.45, 2.75) is 25.0 Å². The van der Waals surface area contributed by atoms with E-state index in [0.717, 1.165) is 0 Å². The molecular formula is C26H19F2N3O4. The molecule has 2 aromatic carbocycles. The summed E-state index contributed by atoms with van der Waals surface area (Å²) < 4.78 is 46.6. The highest BCUT2D eigenvalue weighted by Gasteiger charge is 2.48. The second-order valence-electron chi connectivity index (χ2n) is 8.71. The molecule has 6 rings (SSSR count). The van der Waals surface area contributed by atoms with E-state index in [1.54, 1.807) is 43.3 Å². The molecule has 2 N–H and O–H groups in total. The van der Waals surface area contributed by atoms with Crippen LogP contribution in [0.4, 0.5) is 8.78 Å². The van der Waals surface area contributed by atoms with Crippen molar-refractivity contribution in [1.29, 1.82) is 0 Å². The Morgan fingerprint density at radius 1 is 1.11 bits per heavy atom. The summed E-state index contributed by atoms with van der Waals surface area (Å²) in [5.41, 5.74) is 7.65. The SMILES string of the molecule is C[C@H]1CC(c2cc(F)c3c(c2)[C@]2(COC(N)=N2)c2cc(-c4cccnc4F)ccc2O3)=CC(=O)O1. The van der Waals surface area contributed by atoms with Crippen LogP contribution in [0.1, 0.15) is 30.0 Å². The van der Waals surface area contributed by atoms with E-state index in [1.165, 1.54) is 18.3 Å². The lowest BCUT2D eigenvalue weighted by Gasteiger charge is -2.34. The standard InChI is InChI=1S/C26H19F2N3O4/c1-13-7-15(11-22(32)34-13)16-9-19-23(20(27)10-16)35-21-5-4-14(17-3-2-6-30-24(17)28)8-18(21)26(19)12-33-25(29)31-26/h2-6,8-11,13H,7,12H2,1H3,(H2,29,31)/t13-,26-/m0/s1. The number of benzene rings is 2. The van der Waals surface area contributed by atoms with Crippen LogP contribution in [0.3, 0.4) is 0 Å². The first-order valence-corrected chi connectivity index (χ1v) is 11.0. The van der Waals surface area contributed by atoms with Crippen molar-refractivity contribution in [2.75, 3.05) is 6.61 Å². The lowest BCUT2D eigenvalue weighted by molar-refractivity contribution is -0.142. The maximum Gasteiger partial charge on any atom is 0.331 e. The number of halogens is 2. The van der Waals surface area contributed by atoms with E-state index in [-0.39, 0.29) is 24.5 Å². The molecule has 0 bridgehead atoms. The van der Waals surface area contributed by atoms with E-state index in [9.17, 15) is 9.18 Å². The van der Waals surface area contributed by atoms with Gasteiger partial charge in [-0.05, 0) is 60.0 Å². The van der Waals surface area contributed by atoms with Crippen molar-refractivity contribution in [1.82, 2.24) is 4.98 Å². The second kappa shape index (κ2) is 7.63. The summed E-state index contributed by atoms with van der Waals surface area (Å²) in [4.78, 5) is 20.3. The van der Waals surface area contributed by atoms with Crippen LogP contribution < -0.4 is 10.5 Å². The number of nitrogens with zero attached hydrogens (tertiary/aromatic N) is 2. The van der Waals surface area contributed by atoms with E-state index in [4.69, 9.17) is 19.9 Å². The topological polar surface area (TPSA) is 96.0 Å². The fourth-order valence-corrected chi connectivity index (χ4v) is 4.85. The highest BCUT2D eigenvalue weighted by Crippen LogP contribution is 2.53. The molecule has 0 unspecified atom stereocenters. The third-order valence-corrected chi connectivity index (χ3v) is 6.41. The number of hydrogen-bond acceptors (Lipinski definition) is 7. The predicted octanol–water partition coefficient (Wildman–Crippen LogP) is 4.44. The van der Waals surface area contributed by atoms with Crippen LogP contribution in [0.2, 0.25) is 0 Å². The van der Waals surface area contributed by atoms with Crippen LogP contribution in [0.25, 0.3) is 16.7 Å². The number of carbonyl (C=O) groups excluding carboxylic acids is 1. The number of carbonyl (C=O) groups is 1. The molecule has 3 aromatic rings. The molecular weight excluding hydrogens is 456 g/mol. The van der Waals surface area contributed by atoms with Gasteiger partial charge in [0, 0.05) is 35.4 Å². The average molecular weight is 475 g/mol. The molecule has 7 nitrogen and oxygen atoms in total. The van der Waals surface area contributed by atoms with Crippen LogP contribution in [-0.2, 0) is 19.8 Å². The number of esters is 1. The molecule has 0 saturated heterocycles. The van der Waals surface area contributed by atoms with E-state index >= 15 is 4.39 Å². The number of hydrogen-bond donors (Lipinski definition) is 1. The van der Waals surface area contributed by atoms with E-state index < -0.39 is 23.3 Å². The monoisotopic (exact) mass is 475 g/mol. The summed E-state index contributed by atoms with van der Waals surface area (Å²) in [6, 6.07) is 11.3. The summed E-state index contributed by atoms with van der Waals surface area (Å²) in [5.74, 6) is -1.37. The first-order valence-electron chi connectivity index (χ1n) is 11.0. The third kappa shape index (κ3) is 3.34. The lowest BCUT2D eigenvalue weighted by Crippen LogP contribution is -2.32. The van der Waals surface area contributed by atoms with Gasteiger partial charge in [0.1, 0.15) is 18.5 Å². The summed E-state index contributed by atoms with van der Waals surface area (Å²) in [6.07, 6.45) is 2.82. The van der Waals surface area contributed by atoms with Crippen LogP contribution in [0.5, 0.6) is 11.5 Å². The Labute approximate surface area is 198 Å². The van der Waals surface area contributed by atoms with Gasteiger partial charge < -0.3 is 19.9 Å². The normalized spacial score (nSPS) is 22.4. The third-order valence-electron chi connectivity index (χ3n) is 6.41. The molecule has 176 valence electrons. The van der Waals surface area contributed by atoms with Crippen molar-refractivity contribution < 1.29 is 27.8 Å². The van der Waals surface area contributed by atoms with Gasteiger partial charge in [-0.25, -0.2) is 19.2 Å². The van der Waals surface area contributed by atoms with Crippen LogP contribution in [0.15, 0.2) is 59.7 Å². The Bertz CT molecular complexity index is 1470. The number of aliphatic imine (C=N–C) groups is 1. The van der Waals surface area contributed by atoms with Gasteiger partial charge in [-0.3, -0.25) is 0 Å². The summed E-state index contributed by atoms with van der Waals surface area (Å²) in [7, 11) is 0. The number of aromatic nitrogens is 1. The highest BCUT2D eigenvalue weighted by atomic mass is 19.1. The summed E-state index contributed by atoms with van der Waals surface area (Å²) >= 11 is 0. The van der Waals surface area contributed by atoms with Gasteiger partial charge in [0.2, 0.25) is 5.95 Å². The molecule has 1 aromatic heterocycles. The summed E-state index contributed by atoms with van der Waals surface area (Å²) in [5, 5.41) is 0. The molecule has 0 amide bonds. The molecule has 0 aliphatic carbocycles. The van der Waals surface area contributed by atoms with Gasteiger partial charge in [-0.1, -0.05) is 6.07 Å². The van der Waals surface area contributed by atoms with Gasteiger partial charge in [-0.2, -0.15) is 4.39 Å². The van der Waals surface area contributed by atoms with E-state index in [1.807, 2.05) is 0 Å². The van der Waals surface area contributed by atoms with E-state index in [2.05, 4.69) is 9.98 Å². The number of pyridine rings is 1. The fourth-order valence-electron chi connectivity index (χ4n) is 4.85. The molecule has 35 heavy (non-hydrogen) atoms. The highest BCUT2D eigenvalue weighted by molar-refractivity contribution is 5.93. The zero-order valence-corrected chi connectivity index (χ0v) is 18.5. The quantitative estimate of drug-likeness (QED) is 0.435. The number of rotatable bonds is 2. The summed E-state index contributed by atoms with van der Waals surface area (Å²) in [6.45, 7) is 1.77. The molecule has 0 fully saturated rings. The van der Waals surface area contributed by atoms with Crippen molar-refractivity contribution >= 4 is 17.6 Å². The Morgan fingerprint density at radius 2 is 1.94 bits per heavy atom. The first kappa shape index (κ1) is 21.3. The zero-order valence-electron chi connectivity index (χ0n) is 18.5. The molecule has 4 heterocycles. The van der Waals surface area contributed by atoms with Gasteiger partial charge in [0.05, 0.1) is 0 Å². The molecule has 3 aliphatic rings. The number of ether oxygens (including phenoxy) is 3. The molecule has 3 aliphatic heterocycles. The average Bonchev–Trinajstić information content (AvgIpc) is 3.21. The number of amidine groups is 1. The number of nitrogens with two attached hydrogens (primary N) is 1. The lowest BCUT2D eigenvalue weighted by atomic mass is 9.79. The van der Waals surface area contributed by atoms with Gasteiger partial charge in [0.25, 0.3) is 6.02 Å². The fraction of sp³-hybridized carbons (Fsp3) is 0.192. The van der Waals surface area contributed by atoms with Gasteiger partial charge in [0.15, 0.2) is 17.1 Å². The smallest absolute Gasteiger partial charge is 0.331 e. The van der Waals surface area contributed by atoms with Crippen LogP contribution >= 0.6 is 0 Å². The molecule has 2 atom stereocenters. The van der Waals surface area contributed by atoms with Crippen LogP contribution in [-0.4, -0.2) is 29.7 Å². The van der Waals surface area contributed by atoms with Crippen molar-refractivity contribution in [3.8, 4) is 22.6 Å². The van der Waals surface area contributed by atoms with Gasteiger partial charge >= 0.3 is 5.97 Å². The molecule has 0 radical (unpaired) electrons. The largest absolute Gasteiger partial charge is 0.462 e. The van der Waals surface area contributed by atoms with Gasteiger partial charge in [-0.15, -0.1) is 0 Å². The zero-order chi connectivity index (χ0) is 24.3. The van der Waals surface area contributed by atoms with E-state index in [0.29, 0.717) is 45.6 Å². The Hall–Kier alpha value is -4.27. The Kier molecular flexibility index (Phi) is 4.64. The second-order valence-corrected chi connectivity index (χ2v) is 8.71. The maximum atomic E-state index is 15.5. The predicted molar refractivity (Wildman–Crippen MR) is 123 cm³/mol. The van der Waals surface area contributed by atoms with Crippen molar-refractivity contribution in [3.05, 3.63) is 83.2 Å². The molecule has 0 saturated carbocycles.